The zero-order chi connectivity index (χ0) is 16.7. The van der Waals surface area contributed by atoms with Gasteiger partial charge in [0.2, 0.25) is 0 Å². The highest BCUT2D eigenvalue weighted by atomic mass is 32.5. The number of aliphatic hydroxyl groups is 1. The van der Waals surface area contributed by atoms with Gasteiger partial charge in [-0.2, -0.15) is 0 Å². The third-order valence-electron chi connectivity index (χ3n) is 3.26. The Morgan fingerprint density at radius 2 is 1.36 bits per heavy atom. The number of hydrogen-bond donors (Lipinski definition) is 1. The summed E-state index contributed by atoms with van der Waals surface area (Å²) >= 11 is 0. The second kappa shape index (κ2) is 4.70. The number of rotatable bonds is 4. The molecule has 0 aliphatic rings. The fourth-order valence-corrected chi connectivity index (χ4v) is 2.66. The van der Waals surface area contributed by atoms with Crippen molar-refractivity contribution in [1.82, 2.24) is 0 Å². The number of benzene rings is 2. The van der Waals surface area contributed by atoms with Crippen LogP contribution in [0.25, 0.3) is 0 Å². The van der Waals surface area contributed by atoms with Crippen LogP contribution in [-0.4, -0.2) is 5.11 Å². The highest BCUT2D eigenvalue weighted by Crippen LogP contribution is 3.02. The molecule has 0 saturated heterocycles. The van der Waals surface area contributed by atoms with Crippen LogP contribution >= 0.6 is 10.2 Å². The standard InChI is InChI=1S/C15H15F5OS/c1-11-2-6-13(7-3-11)15(21)10-12-4-8-14(9-5-12)22(16,17,18,19)20/h2-9,15,21H,10H2,1H3/t15-/m0/s1. The topological polar surface area (TPSA) is 20.2 Å². The normalized spacial score (nSPS) is 16.7. The van der Waals surface area contributed by atoms with Crippen molar-refractivity contribution >= 4 is 10.2 Å². The van der Waals surface area contributed by atoms with Crippen LogP contribution in [0.3, 0.4) is 0 Å². The molecule has 7 heteroatoms. The van der Waals surface area contributed by atoms with Gasteiger partial charge in [0.05, 0.1) is 6.10 Å². The Morgan fingerprint density at radius 1 is 0.864 bits per heavy atom. The van der Waals surface area contributed by atoms with Crippen LogP contribution in [0.1, 0.15) is 22.8 Å². The molecule has 122 valence electrons. The predicted molar refractivity (Wildman–Crippen MR) is 77.7 cm³/mol. The van der Waals surface area contributed by atoms with Crippen LogP contribution in [0.2, 0.25) is 0 Å². The van der Waals surface area contributed by atoms with Crippen molar-refractivity contribution in [2.45, 2.75) is 24.3 Å². The Labute approximate surface area is 125 Å². The lowest BCUT2D eigenvalue weighted by Crippen LogP contribution is -2.06. The quantitative estimate of drug-likeness (QED) is 0.685. The van der Waals surface area contributed by atoms with Crippen LogP contribution in [0.15, 0.2) is 53.4 Å². The smallest absolute Gasteiger partial charge is 0.310 e. The number of aryl methyl sites for hydroxylation is 1. The third-order valence-corrected chi connectivity index (χ3v) is 4.42. The predicted octanol–water partition coefficient (Wildman–Crippen LogP) is 5.93. The van der Waals surface area contributed by atoms with Gasteiger partial charge in [-0.25, -0.2) is 0 Å². The molecule has 0 spiro atoms. The van der Waals surface area contributed by atoms with Crippen LogP contribution in [-0.2, 0) is 6.42 Å². The van der Waals surface area contributed by atoms with E-state index in [4.69, 9.17) is 0 Å². The first-order valence-corrected chi connectivity index (χ1v) is 8.38. The van der Waals surface area contributed by atoms with Crippen molar-refractivity contribution in [2.24, 2.45) is 0 Å². The molecular weight excluding hydrogens is 323 g/mol. The van der Waals surface area contributed by atoms with E-state index in [1.54, 1.807) is 24.3 Å². The van der Waals surface area contributed by atoms with Crippen molar-refractivity contribution in [2.75, 3.05) is 0 Å². The fraction of sp³-hybridized carbons (Fsp3) is 0.200. The molecule has 0 saturated carbocycles. The van der Waals surface area contributed by atoms with E-state index in [-0.39, 0.29) is 6.42 Å². The molecule has 0 amide bonds. The molecule has 2 aromatic rings. The molecule has 0 aromatic heterocycles. The van der Waals surface area contributed by atoms with Crippen molar-refractivity contribution in [3.63, 3.8) is 0 Å². The molecule has 0 fully saturated rings. The molecule has 1 nitrogen and oxygen atoms in total. The molecule has 2 aromatic carbocycles. The first kappa shape index (κ1) is 16.8. The van der Waals surface area contributed by atoms with E-state index >= 15 is 0 Å². The highest BCUT2D eigenvalue weighted by molar-refractivity contribution is 8.45. The van der Waals surface area contributed by atoms with Crippen molar-refractivity contribution in [3.05, 3.63) is 65.2 Å². The lowest BCUT2D eigenvalue weighted by Gasteiger charge is -2.40. The van der Waals surface area contributed by atoms with Crippen LogP contribution in [0, 0.1) is 6.92 Å². The summed E-state index contributed by atoms with van der Waals surface area (Å²) in [6, 6.07) is 9.67. The summed E-state index contributed by atoms with van der Waals surface area (Å²) in [5.41, 5.74) is 1.97. The van der Waals surface area contributed by atoms with Gasteiger partial charge in [-0.1, -0.05) is 61.4 Å². The molecule has 0 aliphatic carbocycles. The second-order valence-electron chi connectivity index (χ2n) is 5.24. The van der Waals surface area contributed by atoms with Crippen LogP contribution in [0.4, 0.5) is 19.4 Å². The summed E-state index contributed by atoms with van der Waals surface area (Å²) in [5, 5.41) is 10.0. The van der Waals surface area contributed by atoms with E-state index in [1.807, 2.05) is 6.92 Å². The Kier molecular flexibility index (Phi) is 3.58. The first-order valence-electron chi connectivity index (χ1n) is 6.43. The van der Waals surface area contributed by atoms with Gasteiger partial charge >= 0.3 is 10.2 Å². The molecule has 0 aliphatic heterocycles. The van der Waals surface area contributed by atoms with Crippen LogP contribution < -0.4 is 0 Å². The van der Waals surface area contributed by atoms with Gasteiger partial charge in [-0.05, 0) is 30.2 Å². The van der Waals surface area contributed by atoms with Gasteiger partial charge in [-0.3, -0.25) is 0 Å². The Hall–Kier alpha value is -1.60. The minimum atomic E-state index is -9.63. The molecule has 0 bridgehead atoms. The molecule has 1 N–H and O–H groups in total. The van der Waals surface area contributed by atoms with Crippen molar-refractivity contribution < 1.29 is 24.5 Å². The summed E-state index contributed by atoms with van der Waals surface area (Å²) in [6.45, 7) is 1.88. The SMILES string of the molecule is Cc1ccc([C@@H](O)Cc2ccc(S(F)(F)(F)(F)F)cc2)cc1. The van der Waals surface area contributed by atoms with Gasteiger partial charge in [0.15, 0.2) is 0 Å². The molecular formula is C15H15F5OS. The molecule has 2 rings (SSSR count). The summed E-state index contributed by atoms with van der Waals surface area (Å²) in [7, 11) is -9.63. The minimum Gasteiger partial charge on any atom is -0.388 e. The highest BCUT2D eigenvalue weighted by Gasteiger charge is 2.65. The van der Waals surface area contributed by atoms with E-state index in [2.05, 4.69) is 0 Å². The molecule has 0 heterocycles. The zero-order valence-electron chi connectivity index (χ0n) is 11.6. The summed E-state index contributed by atoms with van der Waals surface area (Å²) in [4.78, 5) is -1.92. The average Bonchev–Trinajstić information content (AvgIpc) is 2.37. The first-order chi connectivity index (χ1) is 9.85. The van der Waals surface area contributed by atoms with Crippen LogP contribution in [0.5, 0.6) is 0 Å². The average molecular weight is 338 g/mol. The van der Waals surface area contributed by atoms with E-state index < -0.39 is 21.2 Å². The molecule has 22 heavy (non-hydrogen) atoms. The second-order valence-corrected chi connectivity index (χ2v) is 7.65. The number of aliphatic hydroxyl groups excluding tert-OH is 1. The van der Waals surface area contributed by atoms with Gasteiger partial charge in [0.25, 0.3) is 0 Å². The van der Waals surface area contributed by atoms with Gasteiger partial charge in [0, 0.05) is 6.42 Å². The van der Waals surface area contributed by atoms with Crippen molar-refractivity contribution in [1.29, 1.82) is 0 Å². The molecule has 1 atom stereocenters. The largest absolute Gasteiger partial charge is 0.388 e. The molecule has 0 radical (unpaired) electrons. The Balaban J connectivity index is 2.17. The van der Waals surface area contributed by atoms with E-state index in [1.165, 1.54) is 0 Å². The van der Waals surface area contributed by atoms with Gasteiger partial charge < -0.3 is 5.11 Å². The van der Waals surface area contributed by atoms with Gasteiger partial charge in [0.1, 0.15) is 4.90 Å². The Morgan fingerprint density at radius 3 is 1.82 bits per heavy atom. The summed E-state index contributed by atoms with van der Waals surface area (Å²) in [6.07, 6.45) is -0.865. The zero-order valence-corrected chi connectivity index (χ0v) is 12.5. The molecule has 0 unspecified atom stereocenters. The maximum atomic E-state index is 12.6. The van der Waals surface area contributed by atoms with E-state index in [0.29, 0.717) is 23.3 Å². The monoisotopic (exact) mass is 338 g/mol. The third kappa shape index (κ3) is 4.20. The number of hydrogen-bond acceptors (Lipinski definition) is 1. The van der Waals surface area contributed by atoms with E-state index in [9.17, 15) is 24.5 Å². The Bertz CT molecular complexity index is 662. The maximum absolute atomic E-state index is 12.6. The fourth-order valence-electron chi connectivity index (χ4n) is 2.01. The lowest BCUT2D eigenvalue weighted by atomic mass is 10.0. The van der Waals surface area contributed by atoms with Gasteiger partial charge in [-0.15, -0.1) is 0 Å². The summed E-state index contributed by atoms with van der Waals surface area (Å²) in [5.74, 6) is 0. The maximum Gasteiger partial charge on any atom is 0.310 e. The minimum absolute atomic E-state index is 0.0453. The lowest BCUT2D eigenvalue weighted by molar-refractivity contribution is 0.178. The number of halogens is 5. The van der Waals surface area contributed by atoms with E-state index in [0.717, 1.165) is 17.7 Å². The van der Waals surface area contributed by atoms with Crippen molar-refractivity contribution in [3.8, 4) is 0 Å². The summed E-state index contributed by atoms with van der Waals surface area (Å²) < 4.78 is 63.0.